The van der Waals surface area contributed by atoms with Crippen LogP contribution in [0, 0.1) is 11.3 Å². The molecule has 0 aliphatic carbocycles. The summed E-state index contributed by atoms with van der Waals surface area (Å²) in [7, 11) is 1.59. The number of methoxy groups -OCH3 is 1. The Morgan fingerprint density at radius 1 is 1.28 bits per heavy atom. The highest BCUT2D eigenvalue weighted by atomic mass is 16.6. The van der Waals surface area contributed by atoms with E-state index in [1.807, 2.05) is 39.0 Å². The Bertz CT molecular complexity index is 1170. The maximum absolute atomic E-state index is 12.6. The van der Waals surface area contributed by atoms with Crippen molar-refractivity contribution in [3.8, 4) is 23.1 Å². The van der Waals surface area contributed by atoms with E-state index in [-0.39, 0.29) is 12.0 Å². The third kappa shape index (κ3) is 4.35. The first-order valence-electron chi connectivity index (χ1n) is 10.6. The molecule has 1 unspecified atom stereocenters. The number of hydrogen-bond acceptors (Lipinski definition) is 7. The normalized spacial score (nSPS) is 16.6. The average Bonchev–Trinajstić information content (AvgIpc) is 3.21. The average molecular weight is 435 g/mol. The molecule has 1 fully saturated rings. The molecule has 1 saturated heterocycles. The van der Waals surface area contributed by atoms with E-state index in [0.29, 0.717) is 30.3 Å². The molecule has 0 saturated carbocycles. The van der Waals surface area contributed by atoms with Gasteiger partial charge >= 0.3 is 6.09 Å². The monoisotopic (exact) mass is 434 g/mol. The molecule has 4 heterocycles. The van der Waals surface area contributed by atoms with Crippen LogP contribution in [0.25, 0.3) is 16.8 Å². The zero-order chi connectivity index (χ0) is 22.9. The lowest BCUT2D eigenvalue weighted by molar-refractivity contribution is 0.0197. The lowest BCUT2D eigenvalue weighted by Gasteiger charge is -2.34. The Labute approximate surface area is 186 Å². The number of ether oxygens (including phenoxy) is 2. The molecule has 9 heteroatoms. The second-order valence-corrected chi connectivity index (χ2v) is 8.83. The highest BCUT2D eigenvalue weighted by molar-refractivity contribution is 5.77. The first-order chi connectivity index (χ1) is 15.3. The number of carbonyl (C=O) groups is 1. The molecule has 0 bridgehead atoms. The molecule has 0 N–H and O–H groups in total. The van der Waals surface area contributed by atoms with Crippen LogP contribution in [0.4, 0.5) is 4.79 Å². The summed E-state index contributed by atoms with van der Waals surface area (Å²) in [5.74, 6) is 0.615. The standard InChI is InChI=1S/C23H26N6O3/c1-23(2,3)32-22(30)28-9-5-6-16(14-28)19-10-20(31-4)29-21(27-19)18(13-26-29)15-7-8-17(11-24)25-12-15/h7-8,10,12-13,16H,5-6,9,14H2,1-4H3. The highest BCUT2D eigenvalue weighted by Crippen LogP contribution is 2.32. The van der Waals surface area contributed by atoms with Crippen LogP contribution >= 0.6 is 0 Å². The molecule has 4 rings (SSSR count). The maximum atomic E-state index is 12.6. The van der Waals surface area contributed by atoms with E-state index >= 15 is 0 Å². The molecule has 0 radical (unpaired) electrons. The van der Waals surface area contributed by atoms with E-state index in [1.165, 1.54) is 0 Å². The summed E-state index contributed by atoms with van der Waals surface area (Å²) < 4.78 is 12.8. The van der Waals surface area contributed by atoms with Gasteiger partial charge in [-0.2, -0.15) is 14.9 Å². The van der Waals surface area contributed by atoms with Crippen molar-refractivity contribution in [1.82, 2.24) is 24.5 Å². The van der Waals surface area contributed by atoms with Crippen molar-refractivity contribution < 1.29 is 14.3 Å². The summed E-state index contributed by atoms with van der Waals surface area (Å²) in [4.78, 5) is 23.4. The minimum absolute atomic E-state index is 0.0528. The summed E-state index contributed by atoms with van der Waals surface area (Å²) in [6.45, 7) is 6.80. The van der Waals surface area contributed by atoms with E-state index in [4.69, 9.17) is 19.7 Å². The van der Waals surface area contributed by atoms with Crippen LogP contribution in [0.3, 0.4) is 0 Å². The van der Waals surface area contributed by atoms with Crippen molar-refractivity contribution in [2.24, 2.45) is 0 Å². The Balaban J connectivity index is 1.68. The minimum Gasteiger partial charge on any atom is -0.481 e. The summed E-state index contributed by atoms with van der Waals surface area (Å²) in [6.07, 6.45) is 4.83. The smallest absolute Gasteiger partial charge is 0.410 e. The van der Waals surface area contributed by atoms with Gasteiger partial charge in [0.2, 0.25) is 5.88 Å². The van der Waals surface area contributed by atoms with Crippen LogP contribution in [0.1, 0.15) is 50.9 Å². The van der Waals surface area contributed by atoms with Crippen molar-refractivity contribution in [2.75, 3.05) is 20.2 Å². The van der Waals surface area contributed by atoms with E-state index in [1.54, 1.807) is 35.0 Å². The van der Waals surface area contributed by atoms with Crippen molar-refractivity contribution in [1.29, 1.82) is 5.26 Å². The lowest BCUT2D eigenvalue weighted by Crippen LogP contribution is -2.42. The summed E-state index contributed by atoms with van der Waals surface area (Å²) >= 11 is 0. The van der Waals surface area contributed by atoms with Gasteiger partial charge in [0.15, 0.2) is 5.65 Å². The maximum Gasteiger partial charge on any atom is 0.410 e. The van der Waals surface area contributed by atoms with E-state index < -0.39 is 5.60 Å². The number of likely N-dealkylation sites (tertiary alicyclic amines) is 1. The number of hydrogen-bond donors (Lipinski definition) is 0. The van der Waals surface area contributed by atoms with Gasteiger partial charge in [-0.25, -0.2) is 14.8 Å². The third-order valence-corrected chi connectivity index (χ3v) is 5.35. The van der Waals surface area contributed by atoms with Gasteiger partial charge in [0, 0.05) is 42.4 Å². The largest absolute Gasteiger partial charge is 0.481 e. The molecular weight excluding hydrogens is 408 g/mol. The van der Waals surface area contributed by atoms with Gasteiger partial charge in [0.1, 0.15) is 17.4 Å². The SMILES string of the molecule is COc1cc(C2CCCN(C(=O)OC(C)(C)C)C2)nc2c(-c3ccc(C#N)nc3)cnn12. The van der Waals surface area contributed by atoms with Crippen LogP contribution in [-0.4, -0.2) is 56.4 Å². The second kappa shape index (κ2) is 8.46. The van der Waals surface area contributed by atoms with Crippen LogP contribution in [0.15, 0.2) is 30.6 Å². The van der Waals surface area contributed by atoms with E-state index in [9.17, 15) is 4.79 Å². The van der Waals surface area contributed by atoms with Crippen LogP contribution in [0.5, 0.6) is 5.88 Å². The number of fused-ring (bicyclic) bond motifs is 1. The predicted molar refractivity (Wildman–Crippen MR) is 117 cm³/mol. The number of pyridine rings is 1. The minimum atomic E-state index is -0.536. The number of amides is 1. The predicted octanol–water partition coefficient (Wildman–Crippen LogP) is 3.79. The fraction of sp³-hybridized carbons (Fsp3) is 0.435. The van der Waals surface area contributed by atoms with Crippen LogP contribution in [0.2, 0.25) is 0 Å². The second-order valence-electron chi connectivity index (χ2n) is 8.83. The Hall–Kier alpha value is -3.67. The number of rotatable bonds is 3. The third-order valence-electron chi connectivity index (χ3n) is 5.35. The molecule has 1 atom stereocenters. The summed E-state index contributed by atoms with van der Waals surface area (Å²) in [5, 5.41) is 13.4. The highest BCUT2D eigenvalue weighted by Gasteiger charge is 2.30. The number of piperidine rings is 1. The van der Waals surface area contributed by atoms with E-state index in [0.717, 1.165) is 29.7 Å². The molecule has 32 heavy (non-hydrogen) atoms. The van der Waals surface area contributed by atoms with Crippen molar-refractivity contribution in [2.45, 2.75) is 45.1 Å². The zero-order valence-corrected chi connectivity index (χ0v) is 18.7. The molecule has 166 valence electrons. The van der Waals surface area contributed by atoms with Gasteiger partial charge in [-0.15, -0.1) is 0 Å². The van der Waals surface area contributed by atoms with Gasteiger partial charge in [-0.1, -0.05) is 0 Å². The zero-order valence-electron chi connectivity index (χ0n) is 18.7. The number of nitriles is 1. The molecule has 9 nitrogen and oxygen atoms in total. The molecule has 1 amide bonds. The molecule has 3 aromatic rings. The number of nitrogens with zero attached hydrogens (tertiary/aromatic N) is 6. The van der Waals surface area contributed by atoms with Crippen molar-refractivity contribution in [3.05, 3.63) is 42.0 Å². The Kier molecular flexibility index (Phi) is 5.70. The number of aromatic nitrogens is 4. The van der Waals surface area contributed by atoms with Gasteiger partial charge in [0.05, 0.1) is 19.0 Å². The topological polar surface area (TPSA) is 106 Å². The van der Waals surface area contributed by atoms with Gasteiger partial charge < -0.3 is 14.4 Å². The van der Waals surface area contributed by atoms with E-state index in [2.05, 4.69) is 10.1 Å². The van der Waals surface area contributed by atoms with Crippen LogP contribution < -0.4 is 4.74 Å². The van der Waals surface area contributed by atoms with Crippen molar-refractivity contribution in [3.63, 3.8) is 0 Å². The lowest BCUT2D eigenvalue weighted by atomic mass is 9.94. The first kappa shape index (κ1) is 21.6. The first-order valence-corrected chi connectivity index (χ1v) is 10.6. The van der Waals surface area contributed by atoms with Gasteiger partial charge in [-0.3, -0.25) is 0 Å². The molecule has 3 aromatic heterocycles. The van der Waals surface area contributed by atoms with Gasteiger partial charge in [0.25, 0.3) is 0 Å². The van der Waals surface area contributed by atoms with Crippen LogP contribution in [-0.2, 0) is 4.74 Å². The number of carbonyl (C=O) groups excluding carboxylic acids is 1. The molecule has 0 aromatic carbocycles. The molecule has 1 aliphatic rings. The molecular formula is C23H26N6O3. The molecule has 0 spiro atoms. The quantitative estimate of drug-likeness (QED) is 0.617. The summed E-state index contributed by atoms with van der Waals surface area (Å²) in [5.41, 5.74) is 2.89. The van der Waals surface area contributed by atoms with Gasteiger partial charge in [-0.05, 0) is 45.7 Å². The van der Waals surface area contributed by atoms with Crippen molar-refractivity contribution >= 4 is 11.7 Å². The molecule has 1 aliphatic heterocycles. The summed E-state index contributed by atoms with van der Waals surface area (Å²) in [6, 6.07) is 7.40. The fourth-order valence-corrected chi connectivity index (χ4v) is 3.84. The Morgan fingerprint density at radius 2 is 2.09 bits per heavy atom. The Morgan fingerprint density at radius 3 is 2.75 bits per heavy atom. The fourth-order valence-electron chi connectivity index (χ4n) is 3.84.